The largest absolute Gasteiger partial charge is 0.342 e. The second-order valence-corrected chi connectivity index (χ2v) is 7.12. The molecule has 0 bridgehead atoms. The van der Waals surface area contributed by atoms with Crippen molar-refractivity contribution in [1.82, 2.24) is 10.2 Å². The molecule has 1 aliphatic rings. The van der Waals surface area contributed by atoms with E-state index in [1.165, 1.54) is 0 Å². The van der Waals surface area contributed by atoms with Gasteiger partial charge in [-0.25, -0.2) is 0 Å². The van der Waals surface area contributed by atoms with Crippen LogP contribution in [0, 0.1) is 11.3 Å². The minimum Gasteiger partial charge on any atom is -0.342 e. The van der Waals surface area contributed by atoms with Crippen LogP contribution < -0.4 is 5.32 Å². The summed E-state index contributed by atoms with van der Waals surface area (Å²) in [6, 6.07) is -0.702. The van der Waals surface area contributed by atoms with Crippen molar-refractivity contribution in [1.29, 1.82) is 0 Å². The normalized spacial score (nSPS) is 25.6. The van der Waals surface area contributed by atoms with Crippen LogP contribution >= 0.6 is 0 Å². The molecule has 0 saturated carbocycles. The summed E-state index contributed by atoms with van der Waals surface area (Å²) >= 11 is 0. The Morgan fingerprint density at radius 2 is 1.85 bits per heavy atom. The van der Waals surface area contributed by atoms with E-state index in [0.29, 0.717) is 12.5 Å². The Balaban J connectivity index is 3.01. The molecule has 1 fully saturated rings. The molecular formula is C16H30N2O2. The van der Waals surface area contributed by atoms with Crippen molar-refractivity contribution in [2.75, 3.05) is 6.54 Å². The molecule has 1 aliphatic heterocycles. The number of nitrogens with one attached hydrogen (secondary N) is 1. The van der Waals surface area contributed by atoms with E-state index in [-0.39, 0.29) is 23.3 Å². The van der Waals surface area contributed by atoms with E-state index in [1.54, 1.807) is 0 Å². The van der Waals surface area contributed by atoms with E-state index < -0.39 is 6.04 Å². The minimum atomic E-state index is -0.410. The third-order valence-corrected chi connectivity index (χ3v) is 4.13. The van der Waals surface area contributed by atoms with Gasteiger partial charge in [-0.1, -0.05) is 54.4 Å². The summed E-state index contributed by atoms with van der Waals surface area (Å²) in [6.07, 6.45) is 2.66. The molecule has 1 N–H and O–H groups in total. The lowest BCUT2D eigenvalue weighted by Gasteiger charge is -2.44. The lowest BCUT2D eigenvalue weighted by Crippen LogP contribution is -2.67. The molecule has 2 amide bonds. The third kappa shape index (κ3) is 3.74. The minimum absolute atomic E-state index is 0.00896. The Labute approximate surface area is 123 Å². The van der Waals surface area contributed by atoms with Gasteiger partial charge in [0, 0.05) is 6.54 Å². The van der Waals surface area contributed by atoms with Crippen molar-refractivity contribution < 1.29 is 9.59 Å². The Bertz CT molecular complexity index is 360. The number of amides is 2. The molecule has 3 unspecified atom stereocenters. The summed E-state index contributed by atoms with van der Waals surface area (Å²) < 4.78 is 0. The zero-order valence-electron chi connectivity index (χ0n) is 13.8. The smallest absolute Gasteiger partial charge is 0.246 e. The second-order valence-electron chi connectivity index (χ2n) is 7.12. The van der Waals surface area contributed by atoms with Gasteiger partial charge in [0.15, 0.2) is 0 Å². The zero-order chi connectivity index (χ0) is 15.5. The SMILES string of the molecule is CCCC1C(=O)NC(C(C)(C)C)C(=O)N1CC(C)CC. The first-order valence-corrected chi connectivity index (χ1v) is 7.83. The molecule has 0 spiro atoms. The van der Waals surface area contributed by atoms with Crippen molar-refractivity contribution in [3.8, 4) is 0 Å². The van der Waals surface area contributed by atoms with E-state index in [1.807, 2.05) is 25.7 Å². The molecule has 0 aliphatic carbocycles. The molecule has 0 aromatic rings. The lowest BCUT2D eigenvalue weighted by atomic mass is 9.83. The first-order valence-electron chi connectivity index (χ1n) is 7.83. The molecule has 1 heterocycles. The van der Waals surface area contributed by atoms with Gasteiger partial charge < -0.3 is 10.2 Å². The zero-order valence-corrected chi connectivity index (χ0v) is 13.8. The predicted octanol–water partition coefficient (Wildman–Crippen LogP) is 2.57. The maximum absolute atomic E-state index is 12.8. The third-order valence-electron chi connectivity index (χ3n) is 4.13. The fraction of sp³-hybridized carbons (Fsp3) is 0.875. The Hall–Kier alpha value is -1.06. The van der Waals surface area contributed by atoms with E-state index >= 15 is 0 Å². The van der Waals surface area contributed by atoms with Crippen LogP contribution in [0.25, 0.3) is 0 Å². The van der Waals surface area contributed by atoms with Gasteiger partial charge in [0.1, 0.15) is 12.1 Å². The van der Waals surface area contributed by atoms with Gasteiger partial charge in [-0.15, -0.1) is 0 Å². The van der Waals surface area contributed by atoms with Crippen molar-refractivity contribution in [3.05, 3.63) is 0 Å². The van der Waals surface area contributed by atoms with Crippen LogP contribution in [0.3, 0.4) is 0 Å². The van der Waals surface area contributed by atoms with Crippen LogP contribution in [-0.2, 0) is 9.59 Å². The average Bonchev–Trinajstić information content (AvgIpc) is 2.36. The van der Waals surface area contributed by atoms with Gasteiger partial charge in [-0.2, -0.15) is 0 Å². The summed E-state index contributed by atoms with van der Waals surface area (Å²) in [6.45, 7) is 13.0. The molecule has 20 heavy (non-hydrogen) atoms. The number of hydrogen-bond acceptors (Lipinski definition) is 2. The molecule has 0 aromatic carbocycles. The van der Waals surface area contributed by atoms with Crippen LogP contribution in [0.4, 0.5) is 0 Å². The van der Waals surface area contributed by atoms with Crippen LogP contribution in [0.1, 0.15) is 60.8 Å². The summed E-state index contributed by atoms with van der Waals surface area (Å²) in [4.78, 5) is 27.0. The number of carbonyl (C=O) groups excluding carboxylic acids is 2. The monoisotopic (exact) mass is 282 g/mol. The van der Waals surface area contributed by atoms with Crippen molar-refractivity contribution >= 4 is 11.8 Å². The molecule has 4 heteroatoms. The molecule has 1 rings (SSSR count). The highest BCUT2D eigenvalue weighted by Gasteiger charge is 2.44. The van der Waals surface area contributed by atoms with Gasteiger partial charge in [0.05, 0.1) is 0 Å². The highest BCUT2D eigenvalue weighted by Crippen LogP contribution is 2.27. The van der Waals surface area contributed by atoms with Crippen molar-refractivity contribution in [2.45, 2.75) is 72.9 Å². The van der Waals surface area contributed by atoms with Gasteiger partial charge >= 0.3 is 0 Å². The summed E-state index contributed by atoms with van der Waals surface area (Å²) in [5.74, 6) is 0.510. The molecule has 0 radical (unpaired) electrons. The summed E-state index contributed by atoms with van der Waals surface area (Å²) in [5, 5.41) is 2.93. The number of carbonyl (C=O) groups is 2. The molecule has 116 valence electrons. The standard InChI is InChI=1S/C16H30N2O2/c1-7-9-12-14(19)17-13(16(4,5)6)15(20)18(12)10-11(3)8-2/h11-13H,7-10H2,1-6H3,(H,17,19). The average molecular weight is 282 g/mol. The van der Waals surface area contributed by atoms with Crippen LogP contribution in [-0.4, -0.2) is 35.3 Å². The molecule has 4 nitrogen and oxygen atoms in total. The maximum atomic E-state index is 12.8. The van der Waals surface area contributed by atoms with Gasteiger partial charge in [-0.3, -0.25) is 9.59 Å². The predicted molar refractivity (Wildman–Crippen MR) is 81.2 cm³/mol. The molecule has 3 atom stereocenters. The number of hydrogen-bond donors (Lipinski definition) is 1. The lowest BCUT2D eigenvalue weighted by molar-refractivity contribution is -0.153. The molecule has 1 saturated heterocycles. The van der Waals surface area contributed by atoms with E-state index in [4.69, 9.17) is 0 Å². The van der Waals surface area contributed by atoms with Gasteiger partial charge in [-0.05, 0) is 17.8 Å². The van der Waals surface area contributed by atoms with Crippen LogP contribution in [0.5, 0.6) is 0 Å². The highest BCUT2D eigenvalue weighted by molar-refractivity contribution is 5.97. The maximum Gasteiger partial charge on any atom is 0.246 e. The van der Waals surface area contributed by atoms with Crippen molar-refractivity contribution in [3.63, 3.8) is 0 Å². The first kappa shape index (κ1) is 17.0. The van der Waals surface area contributed by atoms with Crippen LogP contribution in [0.15, 0.2) is 0 Å². The topological polar surface area (TPSA) is 49.4 Å². The second kappa shape index (κ2) is 6.59. The first-order chi connectivity index (χ1) is 9.22. The Morgan fingerprint density at radius 3 is 2.30 bits per heavy atom. The van der Waals surface area contributed by atoms with Crippen LogP contribution in [0.2, 0.25) is 0 Å². The Morgan fingerprint density at radius 1 is 1.25 bits per heavy atom. The fourth-order valence-electron chi connectivity index (χ4n) is 2.59. The quantitative estimate of drug-likeness (QED) is 0.842. The van der Waals surface area contributed by atoms with E-state index in [0.717, 1.165) is 19.3 Å². The number of nitrogens with zero attached hydrogens (tertiary/aromatic N) is 1. The van der Waals surface area contributed by atoms with Crippen molar-refractivity contribution in [2.24, 2.45) is 11.3 Å². The Kier molecular flexibility index (Phi) is 5.60. The van der Waals surface area contributed by atoms with E-state index in [9.17, 15) is 9.59 Å². The number of piperazine rings is 1. The summed E-state index contributed by atoms with van der Waals surface area (Å²) in [5.41, 5.74) is -0.252. The molecular weight excluding hydrogens is 252 g/mol. The summed E-state index contributed by atoms with van der Waals surface area (Å²) in [7, 11) is 0. The number of rotatable bonds is 5. The highest BCUT2D eigenvalue weighted by atomic mass is 16.2. The fourth-order valence-corrected chi connectivity index (χ4v) is 2.59. The van der Waals surface area contributed by atoms with E-state index in [2.05, 4.69) is 26.1 Å². The van der Waals surface area contributed by atoms with Gasteiger partial charge in [0.2, 0.25) is 11.8 Å². The molecule has 0 aromatic heterocycles. The van der Waals surface area contributed by atoms with Gasteiger partial charge in [0.25, 0.3) is 0 Å².